The molecule has 1 aliphatic rings. The van der Waals surface area contributed by atoms with Gasteiger partial charge >= 0.3 is 141 Å². The van der Waals surface area contributed by atoms with E-state index in [1.807, 2.05) is 0 Å². The van der Waals surface area contributed by atoms with Crippen LogP contribution in [0.15, 0.2) is 52.4 Å². The summed E-state index contributed by atoms with van der Waals surface area (Å²) in [5.41, 5.74) is 0.0937. The Kier molecular flexibility index (Phi) is 3.62. The van der Waals surface area contributed by atoms with Crippen molar-refractivity contribution in [3.8, 4) is 0 Å². The van der Waals surface area contributed by atoms with Gasteiger partial charge in [-0.3, -0.25) is 0 Å². The van der Waals surface area contributed by atoms with Gasteiger partial charge < -0.3 is 0 Å². The Hall–Kier alpha value is -0.409. The number of hydrogen-bond donors (Lipinski definition) is 1. The van der Waals surface area contributed by atoms with Crippen molar-refractivity contribution in [2.24, 2.45) is 0 Å². The van der Waals surface area contributed by atoms with Crippen molar-refractivity contribution in [1.82, 2.24) is 3.80 Å². The number of hydrogen-bond acceptors (Lipinski definition) is 1. The summed E-state index contributed by atoms with van der Waals surface area (Å²) < 4.78 is 6.04. The molecule has 1 aliphatic carbocycles. The quantitative estimate of drug-likeness (QED) is 0.752. The molecule has 0 radical (unpaired) electrons. The second-order valence-corrected chi connectivity index (χ2v) is 71.5. The molecule has 1 aromatic carbocycles. The van der Waals surface area contributed by atoms with E-state index in [0.29, 0.717) is 0 Å². The van der Waals surface area contributed by atoms with Crippen LogP contribution in [0.1, 0.15) is 27.2 Å². The molecule has 3 heteroatoms. The standard InChI is InChI=1S/C7H9Si.C5H5.C4H10N.4CH3.Ti.2H/c1-8-7-5-3-2-4-6-7;1-2-4-5-3-1;1-4(2,3)5;;;;;;;/h2-6,8H,1H3;1-3H,4H2;5H,1-3H3;4*1H3;;;/q;;-1;;;;;+1;;. The van der Waals surface area contributed by atoms with Gasteiger partial charge in [0.05, 0.1) is 0 Å². The molecular weight excluding hydrogens is 330 g/mol. The number of allylic oxidation sites excluding steroid dienone is 4. The van der Waals surface area contributed by atoms with E-state index in [0.717, 1.165) is 6.42 Å². The maximum absolute atomic E-state index is 4.44. The van der Waals surface area contributed by atoms with E-state index < -0.39 is 18.9 Å². The van der Waals surface area contributed by atoms with E-state index in [-0.39, 0.29) is 5.54 Å². The Labute approximate surface area is 140 Å². The molecule has 0 aromatic heterocycles. The minimum absolute atomic E-state index is 0.0937. The molecule has 23 heavy (non-hydrogen) atoms. The Morgan fingerprint density at radius 2 is 1.57 bits per heavy atom. The minimum atomic E-state index is -4.44. The monoisotopic (exact) mass is 368 g/mol. The van der Waals surface area contributed by atoms with E-state index in [1.54, 1.807) is 9.06 Å². The van der Waals surface area contributed by atoms with Gasteiger partial charge in [0, 0.05) is 0 Å². The Morgan fingerprint density at radius 1 is 1.00 bits per heavy atom. The van der Waals surface area contributed by atoms with Gasteiger partial charge in [-0.05, 0) is 0 Å². The molecule has 0 heterocycles. The van der Waals surface area contributed by atoms with Crippen molar-refractivity contribution < 1.29 is 12.3 Å². The first-order valence-electron chi connectivity index (χ1n) is 10.2. The van der Waals surface area contributed by atoms with Crippen LogP contribution in [0.25, 0.3) is 0 Å². The summed E-state index contributed by atoms with van der Waals surface area (Å²) >= 11 is -4.44. The molecular formula is C20H38NSiTi. The molecule has 1 atom stereocenters. The maximum atomic E-state index is 4.35. The van der Waals surface area contributed by atoms with Crippen LogP contribution < -0.4 is 8.99 Å². The van der Waals surface area contributed by atoms with Crippen LogP contribution in [0.4, 0.5) is 0 Å². The summed E-state index contributed by atoms with van der Waals surface area (Å²) in [6, 6.07) is 11.3. The SMILES string of the molecule is C[SiH](c1ccccc1)[TiH2]([CH3])([CH3])([CH3])([CH3])([NH]C(C)(C)C)[C]1=CC=CC1. The zero-order chi connectivity index (χ0) is 17.7. The van der Waals surface area contributed by atoms with E-state index >= 15 is 0 Å². The summed E-state index contributed by atoms with van der Waals surface area (Å²) in [5, 5.41) is 12.2. The van der Waals surface area contributed by atoms with Gasteiger partial charge in [-0.15, -0.1) is 0 Å². The molecule has 0 fully saturated rings. The Bertz CT molecular complexity index is 694. The molecule has 1 aromatic rings. The Morgan fingerprint density at radius 3 is 2.00 bits per heavy atom. The molecule has 1 N–H and O–H groups in total. The van der Waals surface area contributed by atoms with Crippen LogP contribution in [0.5, 0.6) is 0 Å². The Balaban J connectivity index is 2.81. The third-order valence-electron chi connectivity index (χ3n) is 9.01. The fourth-order valence-electron chi connectivity index (χ4n) is 7.14. The van der Waals surface area contributed by atoms with Crippen LogP contribution in [0.2, 0.25) is 27.5 Å². The zero-order valence-corrected chi connectivity index (χ0v) is 20.0. The first-order valence-corrected chi connectivity index (χ1v) is 27.6. The van der Waals surface area contributed by atoms with Gasteiger partial charge in [-0.2, -0.15) is 0 Å². The third kappa shape index (κ3) is 3.11. The van der Waals surface area contributed by atoms with E-state index in [1.165, 1.54) is 0 Å². The summed E-state index contributed by atoms with van der Waals surface area (Å²) in [6.45, 7) is 8.26. The molecule has 131 valence electrons. The second kappa shape index (κ2) is 4.40. The van der Waals surface area contributed by atoms with Crippen LogP contribution in [-0.4, -0.2) is 12.2 Å². The van der Waals surface area contributed by atoms with Crippen LogP contribution in [-0.2, 0) is 12.3 Å². The van der Waals surface area contributed by atoms with E-state index in [2.05, 4.69) is 101 Å². The van der Waals surface area contributed by atoms with Crippen molar-refractivity contribution >= 4 is 11.8 Å². The van der Waals surface area contributed by atoms with Crippen LogP contribution in [0.3, 0.4) is 0 Å². The van der Waals surface area contributed by atoms with Crippen molar-refractivity contribution in [1.29, 1.82) is 0 Å². The molecule has 1 unspecified atom stereocenters. The molecule has 0 spiro atoms. The second-order valence-electron chi connectivity index (χ2n) is 15.5. The first kappa shape index (κ1) is 18.9. The van der Waals surface area contributed by atoms with Gasteiger partial charge in [-0.1, -0.05) is 0 Å². The van der Waals surface area contributed by atoms with Crippen LogP contribution in [0, 0.1) is 0 Å². The fourth-order valence-corrected chi connectivity index (χ4v) is 46.1. The van der Waals surface area contributed by atoms with Crippen molar-refractivity contribution in [2.75, 3.05) is 0 Å². The van der Waals surface area contributed by atoms with Gasteiger partial charge in [0.2, 0.25) is 0 Å². The third-order valence-corrected chi connectivity index (χ3v) is 63.0. The van der Waals surface area contributed by atoms with Crippen molar-refractivity contribution in [3.05, 3.63) is 52.4 Å². The first-order chi connectivity index (χ1) is 10.1. The molecule has 1 nitrogen and oxygen atoms in total. The van der Waals surface area contributed by atoms with Crippen molar-refractivity contribution in [2.45, 2.75) is 60.2 Å². The van der Waals surface area contributed by atoms with Crippen LogP contribution >= 0.6 is 0 Å². The number of benzene rings is 1. The molecule has 0 saturated carbocycles. The molecule has 0 bridgehead atoms. The predicted octanol–water partition coefficient (Wildman–Crippen LogP) is 4.81. The molecule has 0 saturated heterocycles. The van der Waals surface area contributed by atoms with E-state index in [4.69, 9.17) is 0 Å². The number of nitrogens with one attached hydrogen (secondary N) is 1. The average molecular weight is 368 g/mol. The topological polar surface area (TPSA) is 12.0 Å². The normalized spacial score (nSPS) is 21.7. The summed E-state index contributed by atoms with van der Waals surface area (Å²) in [4.78, 5) is 0. The summed E-state index contributed by atoms with van der Waals surface area (Å²) in [5.74, 6) is 0. The number of rotatable bonds is 4. The molecule has 0 amide bonds. The summed E-state index contributed by atoms with van der Waals surface area (Å²) in [6.07, 6.45) is 8.13. The van der Waals surface area contributed by atoms with E-state index in [9.17, 15) is 0 Å². The average Bonchev–Trinajstić information content (AvgIpc) is 2.91. The fraction of sp³-hybridized carbons (Fsp3) is 0.500. The van der Waals surface area contributed by atoms with Crippen molar-refractivity contribution in [3.63, 3.8) is 0 Å². The molecule has 2 rings (SSSR count). The van der Waals surface area contributed by atoms with Gasteiger partial charge in [0.15, 0.2) is 0 Å². The van der Waals surface area contributed by atoms with Gasteiger partial charge in [0.1, 0.15) is 0 Å². The van der Waals surface area contributed by atoms with Gasteiger partial charge in [0.25, 0.3) is 0 Å². The zero-order valence-electron chi connectivity index (χ0n) is 16.6. The van der Waals surface area contributed by atoms with Gasteiger partial charge in [-0.25, -0.2) is 0 Å². The predicted molar refractivity (Wildman–Crippen MR) is 110 cm³/mol. The molecule has 0 aliphatic heterocycles. The summed E-state index contributed by atoms with van der Waals surface area (Å²) in [7, 11) is 0.